The Morgan fingerprint density at radius 2 is 2.40 bits per heavy atom. The van der Waals surface area contributed by atoms with E-state index in [0.29, 0.717) is 26.1 Å². The number of aryl methyl sites for hydroxylation is 1. The highest BCUT2D eigenvalue weighted by Gasteiger charge is 2.27. The first-order valence-corrected chi connectivity index (χ1v) is 7.60. The maximum atomic E-state index is 12.0. The van der Waals surface area contributed by atoms with Crippen molar-refractivity contribution in [3.8, 4) is 0 Å². The fourth-order valence-electron chi connectivity index (χ4n) is 2.32. The van der Waals surface area contributed by atoms with Crippen LogP contribution in [0.15, 0.2) is 5.51 Å². The molecule has 1 aromatic heterocycles. The minimum atomic E-state index is -0.817. The molecule has 110 valence electrons. The molecule has 7 heteroatoms. The first-order valence-electron chi connectivity index (χ1n) is 6.72. The third-order valence-electron chi connectivity index (χ3n) is 3.53. The zero-order valence-electron chi connectivity index (χ0n) is 11.5. The SMILES string of the molecule is Cc1ncsc1CCNC(=O)N1CCCC(C(=O)O)C1. The quantitative estimate of drug-likeness (QED) is 0.882. The molecule has 1 aliphatic rings. The summed E-state index contributed by atoms with van der Waals surface area (Å²) in [6.07, 6.45) is 2.16. The van der Waals surface area contributed by atoms with Gasteiger partial charge >= 0.3 is 12.0 Å². The number of likely N-dealkylation sites (tertiary alicyclic amines) is 1. The number of thiazole rings is 1. The topological polar surface area (TPSA) is 82.5 Å². The number of hydrogen-bond donors (Lipinski definition) is 2. The summed E-state index contributed by atoms with van der Waals surface area (Å²) in [4.78, 5) is 29.9. The van der Waals surface area contributed by atoms with E-state index >= 15 is 0 Å². The molecule has 1 unspecified atom stereocenters. The van der Waals surface area contributed by atoms with E-state index in [-0.39, 0.29) is 6.03 Å². The van der Waals surface area contributed by atoms with Crippen LogP contribution < -0.4 is 5.32 Å². The normalized spacial score (nSPS) is 18.9. The lowest BCUT2D eigenvalue weighted by Crippen LogP contribution is -2.47. The van der Waals surface area contributed by atoms with Crippen LogP contribution in [0.4, 0.5) is 4.79 Å². The molecule has 1 aliphatic heterocycles. The molecule has 6 nitrogen and oxygen atoms in total. The average Bonchev–Trinajstić information content (AvgIpc) is 2.84. The van der Waals surface area contributed by atoms with E-state index in [9.17, 15) is 9.59 Å². The van der Waals surface area contributed by atoms with Gasteiger partial charge in [0.2, 0.25) is 0 Å². The maximum absolute atomic E-state index is 12.0. The van der Waals surface area contributed by atoms with Crippen LogP contribution in [0.2, 0.25) is 0 Å². The second kappa shape index (κ2) is 6.69. The Morgan fingerprint density at radius 3 is 3.05 bits per heavy atom. The van der Waals surface area contributed by atoms with Crippen LogP contribution >= 0.6 is 11.3 Å². The lowest BCUT2D eigenvalue weighted by Gasteiger charge is -2.30. The van der Waals surface area contributed by atoms with Crippen LogP contribution in [0.3, 0.4) is 0 Å². The van der Waals surface area contributed by atoms with Crippen molar-refractivity contribution in [3.05, 3.63) is 16.1 Å². The summed E-state index contributed by atoms with van der Waals surface area (Å²) in [7, 11) is 0. The number of rotatable bonds is 4. The average molecular weight is 297 g/mol. The second-order valence-corrected chi connectivity index (χ2v) is 5.91. The Bertz CT molecular complexity index is 489. The Morgan fingerprint density at radius 1 is 1.60 bits per heavy atom. The molecule has 1 aromatic rings. The number of aliphatic carboxylic acids is 1. The van der Waals surface area contributed by atoms with Crippen LogP contribution in [-0.2, 0) is 11.2 Å². The summed E-state index contributed by atoms with van der Waals surface area (Å²) in [6.45, 7) is 3.45. The van der Waals surface area contributed by atoms with Crippen molar-refractivity contribution in [1.29, 1.82) is 0 Å². The molecule has 0 aliphatic carbocycles. The van der Waals surface area contributed by atoms with E-state index in [1.54, 1.807) is 21.7 Å². The van der Waals surface area contributed by atoms with Gasteiger partial charge in [0.25, 0.3) is 0 Å². The van der Waals surface area contributed by atoms with Crippen molar-refractivity contribution in [2.45, 2.75) is 26.2 Å². The molecular weight excluding hydrogens is 278 g/mol. The first kappa shape index (κ1) is 14.8. The number of carbonyl (C=O) groups excluding carboxylic acids is 1. The predicted octanol–water partition coefficient (Wildman–Crippen LogP) is 1.50. The van der Waals surface area contributed by atoms with Crippen molar-refractivity contribution in [3.63, 3.8) is 0 Å². The van der Waals surface area contributed by atoms with Gasteiger partial charge in [0, 0.05) is 30.9 Å². The predicted molar refractivity (Wildman–Crippen MR) is 75.9 cm³/mol. The molecule has 2 rings (SSSR count). The number of aromatic nitrogens is 1. The van der Waals surface area contributed by atoms with Gasteiger partial charge < -0.3 is 15.3 Å². The highest BCUT2D eigenvalue weighted by Crippen LogP contribution is 2.16. The minimum Gasteiger partial charge on any atom is -0.481 e. The van der Waals surface area contributed by atoms with Gasteiger partial charge in [-0.2, -0.15) is 0 Å². The van der Waals surface area contributed by atoms with E-state index in [2.05, 4.69) is 10.3 Å². The van der Waals surface area contributed by atoms with Crippen LogP contribution in [0.25, 0.3) is 0 Å². The summed E-state index contributed by atoms with van der Waals surface area (Å²) in [5, 5.41) is 11.9. The van der Waals surface area contributed by atoms with E-state index in [0.717, 1.165) is 18.5 Å². The van der Waals surface area contributed by atoms with E-state index < -0.39 is 11.9 Å². The first-order chi connectivity index (χ1) is 9.58. The van der Waals surface area contributed by atoms with E-state index in [1.165, 1.54) is 4.88 Å². The summed E-state index contributed by atoms with van der Waals surface area (Å²) in [6, 6.07) is -0.168. The zero-order valence-corrected chi connectivity index (χ0v) is 12.3. The molecule has 1 fully saturated rings. The van der Waals surface area contributed by atoms with Gasteiger partial charge in [0.15, 0.2) is 0 Å². The number of carboxylic acids is 1. The Balaban J connectivity index is 1.77. The van der Waals surface area contributed by atoms with Gasteiger partial charge in [-0.15, -0.1) is 11.3 Å². The number of carbonyl (C=O) groups is 2. The molecule has 1 saturated heterocycles. The van der Waals surface area contributed by atoms with Gasteiger partial charge in [-0.05, 0) is 19.8 Å². The molecule has 2 amide bonds. The number of hydrogen-bond acceptors (Lipinski definition) is 4. The number of piperidine rings is 1. The lowest BCUT2D eigenvalue weighted by molar-refractivity contribution is -0.143. The number of nitrogens with zero attached hydrogens (tertiary/aromatic N) is 2. The van der Waals surface area contributed by atoms with Gasteiger partial charge in [-0.3, -0.25) is 4.79 Å². The highest BCUT2D eigenvalue weighted by atomic mass is 32.1. The molecule has 20 heavy (non-hydrogen) atoms. The molecule has 0 spiro atoms. The third-order valence-corrected chi connectivity index (χ3v) is 4.53. The van der Waals surface area contributed by atoms with Crippen LogP contribution in [0.5, 0.6) is 0 Å². The van der Waals surface area contributed by atoms with E-state index in [4.69, 9.17) is 5.11 Å². The molecular formula is C13H19N3O3S. The van der Waals surface area contributed by atoms with E-state index in [1.807, 2.05) is 6.92 Å². The second-order valence-electron chi connectivity index (χ2n) is 4.97. The number of amides is 2. The van der Waals surface area contributed by atoms with Crippen molar-refractivity contribution in [2.24, 2.45) is 5.92 Å². The lowest BCUT2D eigenvalue weighted by atomic mass is 9.99. The van der Waals surface area contributed by atoms with Crippen molar-refractivity contribution >= 4 is 23.3 Å². The van der Waals surface area contributed by atoms with Crippen LogP contribution in [0.1, 0.15) is 23.4 Å². The third kappa shape index (κ3) is 3.69. The molecule has 0 aromatic carbocycles. The zero-order chi connectivity index (χ0) is 14.5. The Kier molecular flexibility index (Phi) is 4.94. The highest BCUT2D eigenvalue weighted by molar-refractivity contribution is 7.09. The maximum Gasteiger partial charge on any atom is 0.317 e. The van der Waals surface area contributed by atoms with Crippen molar-refractivity contribution in [1.82, 2.24) is 15.2 Å². The van der Waals surface area contributed by atoms with Gasteiger partial charge in [0.05, 0.1) is 17.1 Å². The van der Waals surface area contributed by atoms with Gasteiger partial charge in [0.1, 0.15) is 0 Å². The minimum absolute atomic E-state index is 0.168. The largest absolute Gasteiger partial charge is 0.481 e. The molecule has 1 atom stereocenters. The molecule has 2 N–H and O–H groups in total. The van der Waals surface area contributed by atoms with Crippen molar-refractivity contribution in [2.75, 3.05) is 19.6 Å². The number of nitrogens with one attached hydrogen (secondary N) is 1. The molecule has 2 heterocycles. The molecule has 0 saturated carbocycles. The van der Waals surface area contributed by atoms with Crippen LogP contribution in [0, 0.1) is 12.8 Å². The van der Waals surface area contributed by atoms with Crippen molar-refractivity contribution < 1.29 is 14.7 Å². The van der Waals surface area contributed by atoms with Gasteiger partial charge in [-0.25, -0.2) is 9.78 Å². The summed E-state index contributed by atoms with van der Waals surface area (Å²) in [5.41, 5.74) is 2.81. The Labute approximate surface area is 121 Å². The fraction of sp³-hybridized carbons (Fsp3) is 0.615. The van der Waals surface area contributed by atoms with Gasteiger partial charge in [-0.1, -0.05) is 0 Å². The molecule has 0 radical (unpaired) electrons. The number of carboxylic acid groups (broad SMARTS) is 1. The monoisotopic (exact) mass is 297 g/mol. The summed E-state index contributed by atoms with van der Waals surface area (Å²) < 4.78 is 0. The van der Waals surface area contributed by atoms with Crippen LogP contribution in [-0.4, -0.2) is 46.6 Å². The standard InChI is InChI=1S/C13H19N3O3S/c1-9-11(20-8-15-9)4-5-14-13(19)16-6-2-3-10(7-16)12(17)18/h8,10H,2-7H2,1H3,(H,14,19)(H,17,18). The Hall–Kier alpha value is -1.63. The summed E-state index contributed by atoms with van der Waals surface area (Å²) >= 11 is 1.59. The smallest absolute Gasteiger partial charge is 0.317 e. The fourth-order valence-corrected chi connectivity index (χ4v) is 3.11. The molecule has 0 bridgehead atoms. The number of urea groups is 1. The summed E-state index contributed by atoms with van der Waals surface area (Å²) in [5.74, 6) is -1.25.